The lowest BCUT2D eigenvalue weighted by Crippen LogP contribution is -2.41. The fraction of sp³-hybridized carbons (Fsp3) is 0.474. The van der Waals surface area contributed by atoms with Crippen molar-refractivity contribution in [3.8, 4) is 5.75 Å². The van der Waals surface area contributed by atoms with Crippen LogP contribution in [0.25, 0.3) is 0 Å². The zero-order valence-electron chi connectivity index (χ0n) is 15.1. The first kappa shape index (κ1) is 19.4. The number of hydrogen-bond acceptors (Lipinski definition) is 5. The van der Waals surface area contributed by atoms with E-state index >= 15 is 0 Å². The first-order valence-electron chi connectivity index (χ1n) is 8.86. The molecule has 0 radical (unpaired) electrons. The monoisotopic (exact) mass is 395 g/mol. The van der Waals surface area contributed by atoms with Gasteiger partial charge in [-0.25, -0.2) is 13.1 Å². The van der Waals surface area contributed by atoms with Crippen LogP contribution in [0.15, 0.2) is 40.6 Å². The Kier molecular flexibility index (Phi) is 5.72. The minimum atomic E-state index is -3.71. The zero-order valence-corrected chi connectivity index (χ0v) is 16.7. The van der Waals surface area contributed by atoms with Crippen LogP contribution >= 0.6 is 11.3 Å². The third-order valence-electron chi connectivity index (χ3n) is 4.65. The Morgan fingerprint density at radius 3 is 2.69 bits per heavy atom. The molecule has 1 heterocycles. The van der Waals surface area contributed by atoms with Crippen molar-refractivity contribution in [1.29, 1.82) is 0 Å². The molecule has 0 saturated heterocycles. The van der Waals surface area contributed by atoms with Crippen LogP contribution < -0.4 is 9.46 Å². The molecule has 2 aromatic rings. The van der Waals surface area contributed by atoms with Crippen molar-refractivity contribution in [1.82, 2.24) is 4.72 Å². The largest absolute Gasteiger partial charge is 0.493 e. The Balaban J connectivity index is 1.75. The maximum Gasteiger partial charge on any atom is 0.240 e. The number of thiophene rings is 1. The number of sulfonamides is 1. The van der Waals surface area contributed by atoms with Gasteiger partial charge in [0, 0.05) is 11.4 Å². The second-order valence-electron chi connectivity index (χ2n) is 6.78. The SMILES string of the molecule is CCCOc1ccc(S(=O)(=O)NCC(O)(c2cccs2)C2CC2)cc1C. The standard InChI is InChI=1S/C19H25NO4S2/c1-3-10-24-17-9-8-16(12-14(17)2)26(22,23)20-13-19(21,15-6-7-15)18-5-4-11-25-18/h4-5,8-9,11-12,15,20-21H,3,6-7,10,13H2,1-2H3. The predicted octanol–water partition coefficient (Wildman–Crippen LogP) is 3.42. The Bertz CT molecular complexity index is 844. The molecule has 142 valence electrons. The maximum absolute atomic E-state index is 12.7. The van der Waals surface area contributed by atoms with Crippen molar-refractivity contribution in [2.24, 2.45) is 5.92 Å². The van der Waals surface area contributed by atoms with Gasteiger partial charge in [0.15, 0.2) is 0 Å². The molecule has 1 aromatic carbocycles. The van der Waals surface area contributed by atoms with E-state index in [1.54, 1.807) is 18.2 Å². The average Bonchev–Trinajstić information content (AvgIpc) is 3.33. The van der Waals surface area contributed by atoms with Gasteiger partial charge >= 0.3 is 0 Å². The normalized spacial score (nSPS) is 17.0. The molecular weight excluding hydrogens is 370 g/mol. The lowest BCUT2D eigenvalue weighted by Gasteiger charge is -2.27. The molecule has 1 aliphatic rings. The molecular formula is C19H25NO4S2. The van der Waals surface area contributed by atoms with Crippen LogP contribution in [-0.4, -0.2) is 26.7 Å². The quantitative estimate of drug-likeness (QED) is 0.682. The van der Waals surface area contributed by atoms with E-state index in [9.17, 15) is 13.5 Å². The summed E-state index contributed by atoms with van der Waals surface area (Å²) in [5.41, 5.74) is -0.363. The van der Waals surface area contributed by atoms with Crippen LogP contribution in [0.3, 0.4) is 0 Å². The van der Waals surface area contributed by atoms with E-state index in [4.69, 9.17) is 4.74 Å². The van der Waals surface area contributed by atoms with Gasteiger partial charge in [0.05, 0.1) is 11.5 Å². The molecule has 1 aliphatic carbocycles. The lowest BCUT2D eigenvalue weighted by atomic mass is 9.96. The molecule has 0 spiro atoms. The molecule has 1 aromatic heterocycles. The Morgan fingerprint density at radius 1 is 1.35 bits per heavy atom. The van der Waals surface area contributed by atoms with Crippen LogP contribution in [0.5, 0.6) is 5.75 Å². The summed E-state index contributed by atoms with van der Waals surface area (Å²) >= 11 is 1.46. The van der Waals surface area contributed by atoms with E-state index in [0.717, 1.165) is 29.7 Å². The average molecular weight is 396 g/mol. The number of nitrogens with one attached hydrogen (secondary N) is 1. The maximum atomic E-state index is 12.7. The number of hydrogen-bond donors (Lipinski definition) is 2. The molecule has 5 nitrogen and oxygen atoms in total. The first-order chi connectivity index (χ1) is 12.4. The van der Waals surface area contributed by atoms with Gasteiger partial charge < -0.3 is 9.84 Å². The molecule has 0 amide bonds. The highest BCUT2D eigenvalue weighted by Gasteiger charge is 2.46. The van der Waals surface area contributed by atoms with Gasteiger partial charge in [-0.05, 0) is 67.3 Å². The molecule has 1 fully saturated rings. The van der Waals surface area contributed by atoms with E-state index in [-0.39, 0.29) is 17.4 Å². The number of ether oxygens (including phenoxy) is 1. The summed E-state index contributed by atoms with van der Waals surface area (Å²) in [4.78, 5) is 0.991. The topological polar surface area (TPSA) is 75.6 Å². The van der Waals surface area contributed by atoms with E-state index in [1.165, 1.54) is 11.3 Å². The van der Waals surface area contributed by atoms with Crippen LogP contribution in [0.1, 0.15) is 36.6 Å². The summed E-state index contributed by atoms with van der Waals surface area (Å²) in [6.45, 7) is 4.43. The number of aryl methyl sites for hydroxylation is 1. The van der Waals surface area contributed by atoms with E-state index in [2.05, 4.69) is 4.72 Å². The summed E-state index contributed by atoms with van der Waals surface area (Å²) in [5.74, 6) is 0.800. The molecule has 3 rings (SSSR count). The molecule has 2 N–H and O–H groups in total. The second-order valence-corrected chi connectivity index (χ2v) is 9.49. The molecule has 1 unspecified atom stereocenters. The second kappa shape index (κ2) is 7.68. The summed E-state index contributed by atoms with van der Waals surface area (Å²) in [5, 5.41) is 13.0. The summed E-state index contributed by atoms with van der Waals surface area (Å²) in [6.07, 6.45) is 2.72. The van der Waals surface area contributed by atoms with Gasteiger partial charge in [0.25, 0.3) is 0 Å². The van der Waals surface area contributed by atoms with Gasteiger partial charge in [-0.3, -0.25) is 0 Å². The van der Waals surface area contributed by atoms with Gasteiger partial charge in [-0.1, -0.05) is 13.0 Å². The lowest BCUT2D eigenvalue weighted by molar-refractivity contribution is 0.0222. The van der Waals surface area contributed by atoms with Gasteiger partial charge in [-0.15, -0.1) is 11.3 Å². The highest BCUT2D eigenvalue weighted by atomic mass is 32.2. The van der Waals surface area contributed by atoms with Crippen molar-refractivity contribution >= 4 is 21.4 Å². The van der Waals surface area contributed by atoms with Crippen molar-refractivity contribution < 1.29 is 18.3 Å². The highest BCUT2D eigenvalue weighted by molar-refractivity contribution is 7.89. The molecule has 1 atom stereocenters. The number of rotatable bonds is 9. The number of aliphatic hydroxyl groups is 1. The van der Waals surface area contributed by atoms with Crippen LogP contribution in [0.2, 0.25) is 0 Å². The van der Waals surface area contributed by atoms with Gasteiger partial charge in [0.1, 0.15) is 11.4 Å². The fourth-order valence-corrected chi connectivity index (χ4v) is 5.03. The Morgan fingerprint density at radius 2 is 2.12 bits per heavy atom. The minimum Gasteiger partial charge on any atom is -0.493 e. The minimum absolute atomic E-state index is 0.0202. The van der Waals surface area contributed by atoms with Gasteiger partial charge in [0.2, 0.25) is 10.0 Å². The highest BCUT2D eigenvalue weighted by Crippen LogP contribution is 2.46. The smallest absolute Gasteiger partial charge is 0.240 e. The van der Waals surface area contributed by atoms with E-state index < -0.39 is 15.6 Å². The Labute approximate surface area is 159 Å². The third kappa shape index (κ3) is 4.11. The van der Waals surface area contributed by atoms with Crippen molar-refractivity contribution in [2.75, 3.05) is 13.2 Å². The molecule has 26 heavy (non-hydrogen) atoms. The van der Waals surface area contributed by atoms with Crippen LogP contribution in [0, 0.1) is 12.8 Å². The molecule has 0 bridgehead atoms. The molecule has 0 aliphatic heterocycles. The van der Waals surface area contributed by atoms with Crippen LogP contribution in [-0.2, 0) is 15.6 Å². The summed E-state index contributed by atoms with van der Waals surface area (Å²) in [7, 11) is -3.71. The van der Waals surface area contributed by atoms with Crippen molar-refractivity contribution in [3.63, 3.8) is 0 Å². The van der Waals surface area contributed by atoms with Gasteiger partial charge in [-0.2, -0.15) is 0 Å². The zero-order chi connectivity index (χ0) is 18.8. The van der Waals surface area contributed by atoms with Crippen LogP contribution in [0.4, 0.5) is 0 Å². The van der Waals surface area contributed by atoms with E-state index in [1.807, 2.05) is 31.4 Å². The molecule has 7 heteroatoms. The summed E-state index contributed by atoms with van der Waals surface area (Å²) in [6, 6.07) is 8.57. The van der Waals surface area contributed by atoms with Crippen molar-refractivity contribution in [2.45, 2.75) is 43.6 Å². The third-order valence-corrected chi connectivity index (χ3v) is 7.09. The first-order valence-corrected chi connectivity index (χ1v) is 11.2. The predicted molar refractivity (Wildman–Crippen MR) is 103 cm³/mol. The Hall–Kier alpha value is -1.41. The summed E-state index contributed by atoms with van der Waals surface area (Å²) < 4.78 is 33.6. The molecule has 1 saturated carbocycles. The number of benzene rings is 1. The van der Waals surface area contributed by atoms with E-state index in [0.29, 0.717) is 12.4 Å². The van der Waals surface area contributed by atoms with Crippen molar-refractivity contribution in [3.05, 3.63) is 46.2 Å². The fourth-order valence-electron chi connectivity index (χ4n) is 2.97.